The molecule has 0 aliphatic carbocycles. The van der Waals surface area contributed by atoms with Gasteiger partial charge in [0.15, 0.2) is 17.8 Å². The van der Waals surface area contributed by atoms with Crippen LogP contribution in [-0.2, 0) is 14.3 Å². The molecule has 3 aliphatic heterocycles. The van der Waals surface area contributed by atoms with E-state index < -0.39 is 0 Å². The first-order valence-electron chi connectivity index (χ1n) is 8.39. The van der Waals surface area contributed by atoms with Gasteiger partial charge in [0.05, 0.1) is 13.2 Å². The van der Waals surface area contributed by atoms with E-state index in [1.807, 2.05) is 29.2 Å². The number of hydrogen-bond donors (Lipinski definition) is 0. The van der Waals surface area contributed by atoms with Crippen LogP contribution in [-0.4, -0.2) is 50.2 Å². The summed E-state index contributed by atoms with van der Waals surface area (Å²) in [6.45, 7) is 3.12. The zero-order chi connectivity index (χ0) is 16.4. The lowest BCUT2D eigenvalue weighted by Crippen LogP contribution is -2.40. The predicted molar refractivity (Wildman–Crippen MR) is 86.6 cm³/mol. The van der Waals surface area contributed by atoms with Gasteiger partial charge >= 0.3 is 0 Å². The normalized spacial score (nSPS) is 21.8. The van der Waals surface area contributed by atoms with E-state index in [4.69, 9.17) is 18.9 Å². The molecule has 2 fully saturated rings. The van der Waals surface area contributed by atoms with Crippen molar-refractivity contribution in [2.24, 2.45) is 5.92 Å². The van der Waals surface area contributed by atoms with Crippen molar-refractivity contribution >= 4 is 12.0 Å². The van der Waals surface area contributed by atoms with Crippen LogP contribution in [0, 0.1) is 5.92 Å². The number of fused-ring (bicyclic) bond motifs is 1. The average Bonchev–Trinajstić information content (AvgIpc) is 3.31. The van der Waals surface area contributed by atoms with Crippen LogP contribution in [0.4, 0.5) is 0 Å². The second-order valence-electron chi connectivity index (χ2n) is 6.22. The van der Waals surface area contributed by atoms with Crippen molar-refractivity contribution in [3.8, 4) is 11.5 Å². The highest BCUT2D eigenvalue weighted by Crippen LogP contribution is 2.33. The molecular formula is C18H21NO5. The molecule has 0 N–H and O–H groups in total. The molecule has 0 bridgehead atoms. The molecule has 4 rings (SSSR count). The smallest absolute Gasteiger partial charge is 0.246 e. The summed E-state index contributed by atoms with van der Waals surface area (Å²) in [6.07, 6.45) is 5.22. The highest BCUT2D eigenvalue weighted by atomic mass is 16.7. The lowest BCUT2D eigenvalue weighted by Gasteiger charge is -2.33. The molecule has 1 aromatic carbocycles. The van der Waals surface area contributed by atoms with Gasteiger partial charge in [-0.2, -0.15) is 0 Å². The molecule has 6 heteroatoms. The number of likely N-dealkylation sites (tertiary alicyclic amines) is 1. The Morgan fingerprint density at radius 2 is 1.83 bits per heavy atom. The van der Waals surface area contributed by atoms with Gasteiger partial charge in [0.25, 0.3) is 0 Å². The Balaban J connectivity index is 1.31. The number of carbonyl (C=O) groups excluding carboxylic acids is 1. The Morgan fingerprint density at radius 1 is 1.08 bits per heavy atom. The van der Waals surface area contributed by atoms with Gasteiger partial charge in [0.2, 0.25) is 12.7 Å². The summed E-state index contributed by atoms with van der Waals surface area (Å²) in [5.74, 6) is 1.91. The monoisotopic (exact) mass is 331 g/mol. The van der Waals surface area contributed by atoms with E-state index in [-0.39, 0.29) is 19.0 Å². The van der Waals surface area contributed by atoms with E-state index in [0.717, 1.165) is 43.0 Å². The third-order valence-electron chi connectivity index (χ3n) is 4.70. The summed E-state index contributed by atoms with van der Waals surface area (Å²) >= 11 is 0. The predicted octanol–water partition coefficient (Wildman–Crippen LogP) is 2.04. The standard InChI is InChI=1S/C18H21NO5/c20-17(4-2-13-1-3-15-16(11-13)24-12-23-15)19-7-5-14(6-8-19)18-21-9-10-22-18/h1-4,11,14,18H,5-10,12H2/b4-2+. The molecule has 0 saturated carbocycles. The molecule has 0 unspecified atom stereocenters. The van der Waals surface area contributed by atoms with Crippen LogP contribution >= 0.6 is 0 Å². The molecule has 0 atom stereocenters. The van der Waals surface area contributed by atoms with E-state index in [0.29, 0.717) is 19.1 Å². The van der Waals surface area contributed by atoms with Crippen LogP contribution in [0.3, 0.4) is 0 Å². The van der Waals surface area contributed by atoms with Crippen LogP contribution in [0.2, 0.25) is 0 Å². The Bertz CT molecular complexity index is 630. The highest BCUT2D eigenvalue weighted by molar-refractivity contribution is 5.91. The number of hydrogen-bond acceptors (Lipinski definition) is 5. The Morgan fingerprint density at radius 3 is 2.62 bits per heavy atom. The Hall–Kier alpha value is -2.05. The first-order valence-corrected chi connectivity index (χ1v) is 8.39. The molecule has 0 spiro atoms. The van der Waals surface area contributed by atoms with E-state index in [2.05, 4.69) is 0 Å². The first kappa shape index (κ1) is 15.5. The third kappa shape index (κ3) is 3.25. The number of rotatable bonds is 3. The summed E-state index contributed by atoms with van der Waals surface area (Å²) in [5.41, 5.74) is 0.926. The summed E-state index contributed by atoms with van der Waals surface area (Å²) in [6, 6.07) is 5.66. The Kier molecular flexibility index (Phi) is 4.40. The van der Waals surface area contributed by atoms with Crippen LogP contribution in [0.25, 0.3) is 6.08 Å². The van der Waals surface area contributed by atoms with Gasteiger partial charge in [-0.05, 0) is 36.6 Å². The summed E-state index contributed by atoms with van der Waals surface area (Å²) in [5, 5.41) is 0. The van der Waals surface area contributed by atoms with E-state index in [9.17, 15) is 4.79 Å². The molecule has 24 heavy (non-hydrogen) atoms. The second kappa shape index (κ2) is 6.83. The quantitative estimate of drug-likeness (QED) is 0.794. The molecule has 3 aliphatic rings. The molecule has 1 aromatic rings. The largest absolute Gasteiger partial charge is 0.454 e. The summed E-state index contributed by atoms with van der Waals surface area (Å²) in [4.78, 5) is 14.2. The fourth-order valence-electron chi connectivity index (χ4n) is 3.33. The number of nitrogens with zero attached hydrogens (tertiary/aromatic N) is 1. The van der Waals surface area contributed by atoms with Crippen LogP contribution < -0.4 is 9.47 Å². The van der Waals surface area contributed by atoms with Gasteiger partial charge in [-0.1, -0.05) is 6.07 Å². The molecule has 0 aromatic heterocycles. The van der Waals surface area contributed by atoms with Gasteiger partial charge in [-0.3, -0.25) is 4.79 Å². The van der Waals surface area contributed by atoms with E-state index in [1.165, 1.54) is 0 Å². The van der Waals surface area contributed by atoms with Crippen molar-refractivity contribution in [3.05, 3.63) is 29.8 Å². The minimum atomic E-state index is -0.0774. The van der Waals surface area contributed by atoms with Crippen LogP contribution in [0.15, 0.2) is 24.3 Å². The van der Waals surface area contributed by atoms with Gasteiger partial charge in [-0.15, -0.1) is 0 Å². The molecule has 3 heterocycles. The topological polar surface area (TPSA) is 57.2 Å². The maximum atomic E-state index is 12.4. The Labute approximate surface area is 140 Å². The van der Waals surface area contributed by atoms with E-state index >= 15 is 0 Å². The minimum Gasteiger partial charge on any atom is -0.454 e. The lowest BCUT2D eigenvalue weighted by atomic mass is 9.96. The number of carbonyl (C=O) groups is 1. The van der Waals surface area contributed by atoms with Crippen molar-refractivity contribution in [3.63, 3.8) is 0 Å². The van der Waals surface area contributed by atoms with Crippen molar-refractivity contribution in [2.75, 3.05) is 33.1 Å². The zero-order valence-electron chi connectivity index (χ0n) is 13.5. The van der Waals surface area contributed by atoms with Crippen molar-refractivity contribution < 1.29 is 23.7 Å². The van der Waals surface area contributed by atoms with Crippen molar-refractivity contribution in [2.45, 2.75) is 19.1 Å². The first-order chi connectivity index (χ1) is 11.8. The highest BCUT2D eigenvalue weighted by Gasteiger charge is 2.31. The van der Waals surface area contributed by atoms with Crippen molar-refractivity contribution in [1.82, 2.24) is 4.90 Å². The number of amides is 1. The molecule has 2 saturated heterocycles. The molecule has 0 radical (unpaired) electrons. The molecule has 128 valence electrons. The number of ether oxygens (including phenoxy) is 4. The molecular weight excluding hydrogens is 310 g/mol. The summed E-state index contributed by atoms with van der Waals surface area (Å²) in [7, 11) is 0. The molecule has 6 nitrogen and oxygen atoms in total. The average molecular weight is 331 g/mol. The van der Waals surface area contributed by atoms with Gasteiger partial charge in [0.1, 0.15) is 0 Å². The van der Waals surface area contributed by atoms with E-state index in [1.54, 1.807) is 6.08 Å². The van der Waals surface area contributed by atoms with Gasteiger partial charge < -0.3 is 23.8 Å². The SMILES string of the molecule is O=C(/C=C/c1ccc2c(c1)OCO2)N1CCC(C2OCCO2)CC1. The third-order valence-corrected chi connectivity index (χ3v) is 4.70. The fourth-order valence-corrected chi connectivity index (χ4v) is 3.33. The number of piperidine rings is 1. The van der Waals surface area contributed by atoms with Crippen molar-refractivity contribution in [1.29, 1.82) is 0 Å². The van der Waals surface area contributed by atoms with Crippen LogP contribution in [0.1, 0.15) is 18.4 Å². The van der Waals surface area contributed by atoms with Crippen LogP contribution in [0.5, 0.6) is 11.5 Å². The maximum Gasteiger partial charge on any atom is 0.246 e. The maximum absolute atomic E-state index is 12.4. The minimum absolute atomic E-state index is 0.0411. The van der Waals surface area contributed by atoms with Gasteiger partial charge in [0, 0.05) is 25.1 Å². The fraction of sp³-hybridized carbons (Fsp3) is 0.500. The molecule has 1 amide bonds. The summed E-state index contributed by atoms with van der Waals surface area (Å²) < 4.78 is 21.8. The van der Waals surface area contributed by atoms with Gasteiger partial charge in [-0.25, -0.2) is 0 Å². The number of benzene rings is 1. The second-order valence-corrected chi connectivity index (χ2v) is 6.22. The lowest BCUT2D eigenvalue weighted by molar-refractivity contribution is -0.131. The zero-order valence-corrected chi connectivity index (χ0v) is 13.5.